The first-order valence-corrected chi connectivity index (χ1v) is 17.4. The van der Waals surface area contributed by atoms with Crippen LogP contribution in [0.5, 0.6) is 0 Å². The Morgan fingerprint density at radius 2 is 1.39 bits per heavy atom. The number of hydrogen-bond donors (Lipinski definition) is 0. The molecule has 3 aromatic carbocycles. The fourth-order valence-electron chi connectivity index (χ4n) is 6.59. The van der Waals surface area contributed by atoms with Crippen molar-refractivity contribution < 1.29 is 40.6 Å². The quantitative estimate of drug-likeness (QED) is 0.161. The summed E-state index contributed by atoms with van der Waals surface area (Å²) in [4.78, 5) is 40.3. The van der Waals surface area contributed by atoms with Gasteiger partial charge in [0.1, 0.15) is 24.6 Å². The highest BCUT2D eigenvalue weighted by atomic mass is 32.3. The third-order valence-corrected chi connectivity index (χ3v) is 13.5. The van der Waals surface area contributed by atoms with Crippen molar-refractivity contribution in [1.29, 1.82) is 0 Å². The third kappa shape index (κ3) is 5.33. The van der Waals surface area contributed by atoms with Gasteiger partial charge in [-0.25, -0.2) is 8.42 Å². The van der Waals surface area contributed by atoms with Crippen LogP contribution in [0.1, 0.15) is 13.3 Å². The van der Waals surface area contributed by atoms with Crippen LogP contribution in [0.4, 0.5) is 0 Å². The van der Waals surface area contributed by atoms with Crippen LogP contribution in [-0.4, -0.2) is 50.9 Å². The average molecular weight is 637 g/mol. The molecule has 6 atom stereocenters. The highest BCUT2D eigenvalue weighted by Gasteiger charge is 2.70. The van der Waals surface area contributed by atoms with E-state index in [0.29, 0.717) is 21.1 Å². The van der Waals surface area contributed by atoms with Crippen molar-refractivity contribution in [3.8, 4) is 0 Å². The Hall–Kier alpha value is -3.93. The maximum absolute atomic E-state index is 13.7. The molecule has 6 rings (SSSR count). The lowest BCUT2D eigenvalue weighted by atomic mass is 9.78. The maximum Gasteiger partial charge on any atom is 0.333 e. The molecule has 3 fully saturated rings. The fourth-order valence-corrected chi connectivity index (χ4v) is 11.8. The van der Waals surface area contributed by atoms with E-state index in [9.17, 15) is 22.8 Å². The molecule has 6 unspecified atom stereocenters. The van der Waals surface area contributed by atoms with Gasteiger partial charge < -0.3 is 14.2 Å². The number of esters is 3. The van der Waals surface area contributed by atoms with Crippen LogP contribution in [-0.2, 0) is 42.3 Å². The van der Waals surface area contributed by atoms with Crippen molar-refractivity contribution in [2.24, 2.45) is 23.7 Å². The first kappa shape index (κ1) is 30.1. The molecule has 0 aromatic heterocycles. The Bertz CT molecular complexity index is 1580. The van der Waals surface area contributed by atoms with Crippen LogP contribution in [0.2, 0.25) is 0 Å². The van der Waals surface area contributed by atoms with E-state index in [1.165, 1.54) is 6.92 Å². The maximum atomic E-state index is 13.7. The lowest BCUT2D eigenvalue weighted by Gasteiger charge is -2.39. The largest absolute Gasteiger partial charge is 0.464 e. The molecular formula is C33H32O9S2. The van der Waals surface area contributed by atoms with Gasteiger partial charge in [-0.15, -0.1) is 0 Å². The van der Waals surface area contributed by atoms with E-state index in [1.807, 2.05) is 91.0 Å². The molecule has 3 aliphatic rings. The molecule has 2 saturated carbocycles. The number of carbonyl (C=O) groups is 3. The molecule has 0 amide bonds. The molecule has 230 valence electrons. The van der Waals surface area contributed by atoms with Gasteiger partial charge in [-0.05, 0) is 60.1 Å². The zero-order valence-corrected chi connectivity index (χ0v) is 25.6. The van der Waals surface area contributed by atoms with Crippen LogP contribution in [0.15, 0.2) is 118 Å². The summed E-state index contributed by atoms with van der Waals surface area (Å²) in [7, 11) is -7.03. The molecule has 3 aromatic rings. The predicted octanol–water partition coefficient (Wildman–Crippen LogP) is 5.07. The second-order valence-electron chi connectivity index (χ2n) is 11.2. The molecule has 11 heteroatoms. The van der Waals surface area contributed by atoms with E-state index in [-0.39, 0.29) is 11.5 Å². The lowest BCUT2D eigenvalue weighted by Crippen LogP contribution is -2.44. The van der Waals surface area contributed by atoms with E-state index < -0.39 is 80.7 Å². The van der Waals surface area contributed by atoms with Crippen molar-refractivity contribution in [1.82, 2.24) is 0 Å². The Morgan fingerprint density at radius 1 is 0.864 bits per heavy atom. The lowest BCUT2D eigenvalue weighted by molar-refractivity contribution is -0.162. The summed E-state index contributed by atoms with van der Waals surface area (Å²) in [6, 6.07) is 27.5. The van der Waals surface area contributed by atoms with E-state index in [1.54, 1.807) is 0 Å². The van der Waals surface area contributed by atoms with E-state index in [0.717, 1.165) is 0 Å². The normalized spacial score (nSPS) is 25.7. The Morgan fingerprint density at radius 3 is 1.89 bits per heavy atom. The summed E-state index contributed by atoms with van der Waals surface area (Å²) in [6.07, 6.45) is -0.930. The van der Waals surface area contributed by atoms with Gasteiger partial charge in [0.25, 0.3) is 10.1 Å². The minimum Gasteiger partial charge on any atom is -0.464 e. The topological polar surface area (TPSA) is 122 Å². The number of benzene rings is 3. The summed E-state index contributed by atoms with van der Waals surface area (Å²) in [5.41, 5.74) is 0.192. The third-order valence-electron chi connectivity index (χ3n) is 8.42. The molecule has 9 nitrogen and oxygen atoms in total. The molecule has 1 aliphatic heterocycles. The summed E-state index contributed by atoms with van der Waals surface area (Å²) >= 11 is 0. The monoisotopic (exact) mass is 636 g/mol. The predicted molar refractivity (Wildman–Crippen MR) is 161 cm³/mol. The van der Waals surface area contributed by atoms with Crippen molar-refractivity contribution in [2.45, 2.75) is 40.2 Å². The molecule has 1 saturated heterocycles. The molecule has 2 bridgehead atoms. The highest BCUT2D eigenvalue weighted by Crippen LogP contribution is 2.69. The van der Waals surface area contributed by atoms with Gasteiger partial charge in [-0.1, -0.05) is 61.2 Å². The standard InChI is InChI=1S/C33H32O9S2/c1-21(2)31(34)40-29-25-20-26-28(33(36)41-30(26)29)27(25)32(35)39-18-19-43(37,38)42-44(22-12-6-3-7-13-22,23-14-8-4-9-15-23)24-16-10-5-11-17-24/h3-17,25-30H,1,18-20H2,2H3. The van der Waals surface area contributed by atoms with E-state index in [2.05, 4.69) is 6.58 Å². The van der Waals surface area contributed by atoms with Gasteiger partial charge in [-0.2, -0.15) is 8.42 Å². The average Bonchev–Trinajstić information content (AvgIpc) is 3.65. The second kappa shape index (κ2) is 11.9. The summed E-state index contributed by atoms with van der Waals surface area (Å²) in [5.74, 6) is -4.85. The SMILES string of the molecule is C=C(C)C(=O)OC1C2CC3C1OC(=O)C3C2C(=O)OCCS(=O)(=O)OS(c1ccccc1)(c1ccccc1)c1ccccc1. The van der Waals surface area contributed by atoms with Gasteiger partial charge in [0.05, 0.1) is 11.8 Å². The van der Waals surface area contributed by atoms with Crippen LogP contribution >= 0.6 is 10.3 Å². The van der Waals surface area contributed by atoms with Gasteiger partial charge >= 0.3 is 17.9 Å². The minimum absolute atomic E-state index is 0.192. The van der Waals surface area contributed by atoms with Gasteiger partial charge in [0.2, 0.25) is 0 Å². The number of hydrogen-bond acceptors (Lipinski definition) is 9. The number of carbonyl (C=O) groups excluding carboxylic acids is 3. The van der Waals surface area contributed by atoms with Crippen LogP contribution in [0, 0.1) is 23.7 Å². The molecule has 2 aliphatic carbocycles. The van der Waals surface area contributed by atoms with Gasteiger partial charge in [0.15, 0.2) is 0 Å². The fraction of sp³-hybridized carbons (Fsp3) is 0.303. The molecule has 1 heterocycles. The van der Waals surface area contributed by atoms with Crippen LogP contribution in [0.25, 0.3) is 0 Å². The van der Waals surface area contributed by atoms with E-state index >= 15 is 0 Å². The Kier molecular flexibility index (Phi) is 8.12. The van der Waals surface area contributed by atoms with Gasteiger partial charge in [-0.3, -0.25) is 9.59 Å². The smallest absolute Gasteiger partial charge is 0.333 e. The summed E-state index contributed by atoms with van der Waals surface area (Å²) in [5, 5.41) is 0. The first-order chi connectivity index (χ1) is 21.1. The highest BCUT2D eigenvalue weighted by molar-refractivity contribution is 8.33. The Labute approximate surface area is 257 Å². The zero-order chi connectivity index (χ0) is 31.1. The van der Waals surface area contributed by atoms with Gasteiger partial charge in [0, 0.05) is 32.1 Å². The molecule has 0 spiro atoms. The Balaban J connectivity index is 1.22. The first-order valence-electron chi connectivity index (χ1n) is 14.3. The van der Waals surface area contributed by atoms with Crippen molar-refractivity contribution >= 4 is 38.3 Å². The minimum atomic E-state index is -4.28. The number of fused-ring (bicyclic) bond motifs is 1. The second-order valence-corrected chi connectivity index (χ2v) is 15.8. The zero-order valence-electron chi connectivity index (χ0n) is 23.9. The number of rotatable bonds is 11. The van der Waals surface area contributed by atoms with E-state index in [4.69, 9.17) is 17.8 Å². The number of ether oxygens (including phenoxy) is 3. The van der Waals surface area contributed by atoms with Crippen LogP contribution < -0.4 is 0 Å². The van der Waals surface area contributed by atoms with Crippen molar-refractivity contribution in [3.05, 3.63) is 103 Å². The van der Waals surface area contributed by atoms with Crippen molar-refractivity contribution in [2.75, 3.05) is 12.4 Å². The van der Waals surface area contributed by atoms with Crippen LogP contribution in [0.3, 0.4) is 0 Å². The van der Waals surface area contributed by atoms with Crippen molar-refractivity contribution in [3.63, 3.8) is 0 Å². The summed E-state index contributed by atoms with van der Waals surface area (Å²) in [6.45, 7) is 4.62. The molecule has 44 heavy (non-hydrogen) atoms. The summed E-state index contributed by atoms with van der Waals surface area (Å²) < 4.78 is 50.1. The molecular weight excluding hydrogens is 604 g/mol. The molecule has 0 N–H and O–H groups in total. The molecule has 0 radical (unpaired) electrons.